The lowest BCUT2D eigenvalue weighted by Gasteiger charge is -2.17. The molecule has 6 nitrogen and oxygen atoms in total. The fourth-order valence-corrected chi connectivity index (χ4v) is 4.04. The van der Waals surface area contributed by atoms with Crippen LogP contribution in [0.25, 0.3) is 21.3 Å². The molecule has 146 valence electrons. The number of likely N-dealkylation sites (N-methyl/N-ethyl adjacent to an activating group) is 1. The lowest BCUT2D eigenvalue weighted by atomic mass is 10.1. The first-order valence-electron chi connectivity index (χ1n) is 9.29. The zero-order valence-electron chi connectivity index (χ0n) is 16.0. The molecule has 7 heteroatoms. The van der Waals surface area contributed by atoms with Gasteiger partial charge < -0.3 is 4.90 Å². The molecule has 0 bridgehead atoms. The van der Waals surface area contributed by atoms with Gasteiger partial charge in [-0.1, -0.05) is 36.4 Å². The number of pyridine rings is 1. The second kappa shape index (κ2) is 8.36. The van der Waals surface area contributed by atoms with Crippen LogP contribution in [-0.2, 0) is 17.8 Å². The third-order valence-corrected chi connectivity index (χ3v) is 5.69. The quantitative estimate of drug-likeness (QED) is 0.495. The number of hydrogen-bond donors (Lipinski definition) is 0. The summed E-state index contributed by atoms with van der Waals surface area (Å²) < 4.78 is 1.39. The van der Waals surface area contributed by atoms with E-state index in [1.54, 1.807) is 18.1 Å². The van der Waals surface area contributed by atoms with Gasteiger partial charge in [0.05, 0.1) is 11.7 Å². The van der Waals surface area contributed by atoms with E-state index in [0.717, 1.165) is 16.8 Å². The zero-order chi connectivity index (χ0) is 20.2. The minimum atomic E-state index is -0.193. The lowest BCUT2D eigenvalue weighted by molar-refractivity contribution is -0.130. The highest BCUT2D eigenvalue weighted by Gasteiger charge is 2.16. The summed E-state index contributed by atoms with van der Waals surface area (Å²) in [7, 11) is 1.74. The number of benzene rings is 1. The minimum absolute atomic E-state index is 0.0371. The Morgan fingerprint density at radius 2 is 1.90 bits per heavy atom. The summed E-state index contributed by atoms with van der Waals surface area (Å²) in [5.74, 6) is -0.138. The Labute approximate surface area is 172 Å². The van der Waals surface area contributed by atoms with E-state index in [0.29, 0.717) is 23.2 Å². The Kier molecular flexibility index (Phi) is 5.48. The fourth-order valence-electron chi connectivity index (χ4n) is 3.13. The van der Waals surface area contributed by atoms with Crippen molar-refractivity contribution >= 4 is 27.5 Å². The second-order valence-electron chi connectivity index (χ2n) is 6.76. The van der Waals surface area contributed by atoms with Gasteiger partial charge in [0.1, 0.15) is 11.4 Å². The molecule has 0 aliphatic carbocycles. The third kappa shape index (κ3) is 4.09. The van der Waals surface area contributed by atoms with Crippen molar-refractivity contribution in [3.63, 3.8) is 0 Å². The van der Waals surface area contributed by atoms with E-state index >= 15 is 0 Å². The average molecular weight is 404 g/mol. The van der Waals surface area contributed by atoms with Gasteiger partial charge in [-0.05, 0) is 17.7 Å². The second-order valence-corrected chi connectivity index (χ2v) is 7.62. The number of carbonyl (C=O) groups excluding carboxylic acids is 1. The van der Waals surface area contributed by atoms with Gasteiger partial charge >= 0.3 is 0 Å². The highest BCUT2D eigenvalue weighted by Crippen LogP contribution is 2.30. The molecular weight excluding hydrogens is 384 g/mol. The summed E-state index contributed by atoms with van der Waals surface area (Å²) >= 11 is 1.44. The van der Waals surface area contributed by atoms with Gasteiger partial charge in [0.25, 0.3) is 5.56 Å². The van der Waals surface area contributed by atoms with E-state index < -0.39 is 0 Å². The van der Waals surface area contributed by atoms with Crippen LogP contribution in [0.15, 0.2) is 71.2 Å². The number of aromatic nitrogens is 3. The third-order valence-electron chi connectivity index (χ3n) is 4.81. The number of hydrogen-bond acceptors (Lipinski definition) is 5. The fraction of sp³-hybridized carbons (Fsp3) is 0.182. The molecule has 0 saturated heterocycles. The van der Waals surface area contributed by atoms with E-state index in [1.807, 2.05) is 53.9 Å². The van der Waals surface area contributed by atoms with Gasteiger partial charge in [-0.3, -0.25) is 19.1 Å². The van der Waals surface area contributed by atoms with Crippen molar-refractivity contribution in [2.45, 2.75) is 13.0 Å². The Hall–Kier alpha value is -3.32. The number of nitrogens with zero attached hydrogens (tertiary/aromatic N) is 4. The van der Waals surface area contributed by atoms with Crippen LogP contribution in [0.1, 0.15) is 5.69 Å². The van der Waals surface area contributed by atoms with Crippen LogP contribution in [0.2, 0.25) is 0 Å². The molecule has 1 aromatic carbocycles. The molecule has 0 fully saturated rings. The summed E-state index contributed by atoms with van der Waals surface area (Å²) in [5.41, 5.74) is 2.56. The van der Waals surface area contributed by atoms with E-state index in [-0.39, 0.29) is 18.0 Å². The maximum absolute atomic E-state index is 13.1. The number of thiophene rings is 1. The Morgan fingerprint density at radius 1 is 1.10 bits per heavy atom. The predicted molar refractivity (Wildman–Crippen MR) is 115 cm³/mol. The number of rotatable bonds is 6. The number of amides is 1. The highest BCUT2D eigenvalue weighted by molar-refractivity contribution is 7.17. The molecule has 0 radical (unpaired) electrons. The predicted octanol–water partition coefficient (Wildman–Crippen LogP) is 3.22. The molecule has 0 N–H and O–H groups in total. The Balaban J connectivity index is 1.54. The molecule has 3 heterocycles. The molecule has 4 rings (SSSR count). The van der Waals surface area contributed by atoms with Crippen LogP contribution in [0.5, 0.6) is 0 Å². The van der Waals surface area contributed by atoms with Crippen molar-refractivity contribution in [2.24, 2.45) is 0 Å². The molecule has 0 saturated carbocycles. The molecule has 1 amide bonds. The van der Waals surface area contributed by atoms with Gasteiger partial charge in [-0.25, -0.2) is 4.98 Å². The summed E-state index contributed by atoms with van der Waals surface area (Å²) in [6.07, 6.45) is 3.86. The van der Waals surface area contributed by atoms with E-state index in [1.165, 1.54) is 22.2 Å². The van der Waals surface area contributed by atoms with Crippen LogP contribution in [0.3, 0.4) is 0 Å². The normalized spacial score (nSPS) is 10.9. The van der Waals surface area contributed by atoms with Crippen molar-refractivity contribution in [2.75, 3.05) is 13.6 Å². The van der Waals surface area contributed by atoms with Crippen molar-refractivity contribution in [3.8, 4) is 11.1 Å². The largest absolute Gasteiger partial charge is 0.344 e. The zero-order valence-corrected chi connectivity index (χ0v) is 16.8. The van der Waals surface area contributed by atoms with Gasteiger partial charge in [-0.15, -0.1) is 11.3 Å². The average Bonchev–Trinajstić information content (AvgIpc) is 3.20. The van der Waals surface area contributed by atoms with Gasteiger partial charge in [0.2, 0.25) is 5.91 Å². The Morgan fingerprint density at radius 3 is 2.66 bits per heavy atom. The van der Waals surface area contributed by atoms with Crippen LogP contribution in [0.4, 0.5) is 0 Å². The molecule has 0 aliphatic heterocycles. The summed E-state index contributed by atoms with van der Waals surface area (Å²) in [4.78, 5) is 36.7. The molecule has 29 heavy (non-hydrogen) atoms. The van der Waals surface area contributed by atoms with Crippen LogP contribution >= 0.6 is 11.3 Å². The minimum Gasteiger partial charge on any atom is -0.344 e. The number of fused-ring (bicyclic) bond motifs is 1. The lowest BCUT2D eigenvalue weighted by Crippen LogP contribution is -2.35. The maximum atomic E-state index is 13.1. The summed E-state index contributed by atoms with van der Waals surface area (Å²) in [6, 6.07) is 15.5. The maximum Gasteiger partial charge on any atom is 0.263 e. The Bertz CT molecular complexity index is 1190. The van der Waals surface area contributed by atoms with Gasteiger partial charge in [-0.2, -0.15) is 0 Å². The van der Waals surface area contributed by atoms with Crippen molar-refractivity contribution in [3.05, 3.63) is 82.5 Å². The van der Waals surface area contributed by atoms with Gasteiger partial charge in [0.15, 0.2) is 0 Å². The van der Waals surface area contributed by atoms with Crippen LogP contribution in [-0.4, -0.2) is 38.9 Å². The SMILES string of the molecule is CN(CCc1ccccn1)C(=O)Cn1cnc2scc(-c3ccccc3)c2c1=O. The van der Waals surface area contributed by atoms with Crippen LogP contribution in [0, 0.1) is 0 Å². The first kappa shape index (κ1) is 19.0. The van der Waals surface area contributed by atoms with Crippen molar-refractivity contribution in [1.29, 1.82) is 0 Å². The van der Waals surface area contributed by atoms with E-state index in [9.17, 15) is 9.59 Å². The molecular formula is C22H20N4O2S. The van der Waals surface area contributed by atoms with Crippen LogP contribution < -0.4 is 5.56 Å². The topological polar surface area (TPSA) is 68.1 Å². The first-order chi connectivity index (χ1) is 14.1. The highest BCUT2D eigenvalue weighted by atomic mass is 32.1. The summed E-state index contributed by atoms with van der Waals surface area (Å²) in [5, 5.41) is 2.51. The first-order valence-corrected chi connectivity index (χ1v) is 10.2. The molecule has 0 atom stereocenters. The van der Waals surface area contributed by atoms with E-state index in [2.05, 4.69) is 9.97 Å². The monoisotopic (exact) mass is 404 g/mol. The van der Waals surface area contributed by atoms with Crippen molar-refractivity contribution < 1.29 is 4.79 Å². The molecule has 0 spiro atoms. The standard InChI is InChI=1S/C22H20N4O2S/c1-25(12-10-17-9-5-6-11-23-17)19(27)13-26-15-24-21-20(22(26)28)18(14-29-21)16-7-3-2-4-8-16/h2-9,11,14-15H,10,12-13H2,1H3. The smallest absolute Gasteiger partial charge is 0.263 e. The molecule has 0 aliphatic rings. The van der Waals surface area contributed by atoms with E-state index in [4.69, 9.17) is 0 Å². The molecule has 4 aromatic rings. The van der Waals surface area contributed by atoms with Crippen molar-refractivity contribution in [1.82, 2.24) is 19.4 Å². The van der Waals surface area contributed by atoms with Gasteiger partial charge in [0, 0.05) is 42.8 Å². The summed E-state index contributed by atoms with van der Waals surface area (Å²) in [6.45, 7) is 0.499. The number of carbonyl (C=O) groups is 1. The molecule has 0 unspecified atom stereocenters. The molecule has 3 aromatic heterocycles.